The van der Waals surface area contributed by atoms with Crippen molar-refractivity contribution < 1.29 is 4.74 Å². The molecule has 0 amide bonds. The highest BCUT2D eigenvalue weighted by Gasteiger charge is 2.15. The molecule has 5 heteroatoms. The van der Waals surface area contributed by atoms with Crippen LogP contribution in [0.5, 0.6) is 0 Å². The number of H-pyrrole nitrogens is 1. The summed E-state index contributed by atoms with van der Waals surface area (Å²) < 4.78 is 5.45. The average molecular weight is 209 g/mol. The Hall–Kier alpha value is -1.36. The molecule has 0 spiro atoms. The molecule has 1 fully saturated rings. The van der Waals surface area contributed by atoms with Crippen molar-refractivity contribution in [3.8, 4) is 0 Å². The summed E-state index contributed by atoms with van der Waals surface area (Å²) in [5.41, 5.74) is 0.525. The second kappa shape index (κ2) is 4.44. The van der Waals surface area contributed by atoms with Crippen LogP contribution in [0.4, 0.5) is 5.95 Å². The highest BCUT2D eigenvalue weighted by atomic mass is 16.5. The molecule has 1 atom stereocenters. The average Bonchev–Trinajstić information content (AvgIpc) is 2.73. The maximum Gasteiger partial charge on any atom is 0.255 e. The third-order valence-corrected chi connectivity index (χ3v) is 2.50. The van der Waals surface area contributed by atoms with Crippen LogP contribution in [0.3, 0.4) is 0 Å². The molecule has 1 aliphatic heterocycles. The number of aromatic nitrogens is 2. The summed E-state index contributed by atoms with van der Waals surface area (Å²) in [4.78, 5) is 18.0. The predicted octanol–water partition coefficient (Wildman–Crippen LogP) is 0.669. The first-order valence-electron chi connectivity index (χ1n) is 5.17. The molecule has 0 aromatic carbocycles. The van der Waals surface area contributed by atoms with E-state index in [2.05, 4.69) is 15.3 Å². The van der Waals surface area contributed by atoms with Crippen LogP contribution in [-0.2, 0) is 4.74 Å². The van der Waals surface area contributed by atoms with Crippen molar-refractivity contribution in [3.05, 3.63) is 22.1 Å². The van der Waals surface area contributed by atoms with Gasteiger partial charge in [0.05, 0.1) is 6.10 Å². The van der Waals surface area contributed by atoms with E-state index in [4.69, 9.17) is 4.74 Å². The normalized spacial score (nSPS) is 20.5. The van der Waals surface area contributed by atoms with E-state index in [0.717, 1.165) is 19.4 Å². The Kier molecular flexibility index (Phi) is 3.01. The molecule has 0 bridgehead atoms. The van der Waals surface area contributed by atoms with Crippen LogP contribution in [-0.4, -0.2) is 29.2 Å². The zero-order chi connectivity index (χ0) is 10.7. The molecule has 2 heterocycles. The monoisotopic (exact) mass is 209 g/mol. The lowest BCUT2D eigenvalue weighted by Crippen LogP contribution is -2.22. The van der Waals surface area contributed by atoms with E-state index >= 15 is 0 Å². The van der Waals surface area contributed by atoms with Gasteiger partial charge in [-0.2, -0.15) is 0 Å². The van der Waals surface area contributed by atoms with Gasteiger partial charge in [-0.05, 0) is 19.8 Å². The Morgan fingerprint density at radius 2 is 2.60 bits per heavy atom. The van der Waals surface area contributed by atoms with Crippen LogP contribution < -0.4 is 10.9 Å². The quantitative estimate of drug-likeness (QED) is 0.767. The molecule has 1 aromatic heterocycles. The van der Waals surface area contributed by atoms with E-state index in [-0.39, 0.29) is 11.7 Å². The number of nitrogens with one attached hydrogen (secondary N) is 2. The van der Waals surface area contributed by atoms with Gasteiger partial charge in [0.25, 0.3) is 5.56 Å². The molecule has 2 N–H and O–H groups in total. The zero-order valence-electron chi connectivity index (χ0n) is 8.75. The highest BCUT2D eigenvalue weighted by molar-refractivity contribution is 5.24. The Morgan fingerprint density at radius 3 is 3.27 bits per heavy atom. The van der Waals surface area contributed by atoms with Gasteiger partial charge >= 0.3 is 0 Å². The maximum atomic E-state index is 11.3. The summed E-state index contributed by atoms with van der Waals surface area (Å²) in [7, 11) is 0. The summed E-state index contributed by atoms with van der Waals surface area (Å²) in [6, 6.07) is 0. The Balaban J connectivity index is 1.93. The number of aryl methyl sites for hydroxylation is 1. The third kappa shape index (κ3) is 2.56. The van der Waals surface area contributed by atoms with E-state index in [1.54, 1.807) is 13.1 Å². The van der Waals surface area contributed by atoms with Gasteiger partial charge in [-0.1, -0.05) is 0 Å². The second-order valence-electron chi connectivity index (χ2n) is 3.76. The van der Waals surface area contributed by atoms with Gasteiger partial charge in [-0.3, -0.25) is 9.78 Å². The van der Waals surface area contributed by atoms with E-state index in [0.29, 0.717) is 18.1 Å². The van der Waals surface area contributed by atoms with Gasteiger partial charge in [0.15, 0.2) is 0 Å². The van der Waals surface area contributed by atoms with Crippen molar-refractivity contribution in [2.45, 2.75) is 25.9 Å². The van der Waals surface area contributed by atoms with Crippen LogP contribution in [0.25, 0.3) is 0 Å². The summed E-state index contributed by atoms with van der Waals surface area (Å²) in [5.74, 6) is 0.515. The molecule has 0 unspecified atom stereocenters. The highest BCUT2D eigenvalue weighted by Crippen LogP contribution is 2.11. The summed E-state index contributed by atoms with van der Waals surface area (Å²) >= 11 is 0. The number of aromatic amines is 1. The van der Waals surface area contributed by atoms with Crippen LogP contribution in [0.15, 0.2) is 11.0 Å². The molecule has 1 aliphatic rings. The molecule has 15 heavy (non-hydrogen) atoms. The molecule has 0 aliphatic carbocycles. The first-order valence-corrected chi connectivity index (χ1v) is 5.17. The summed E-state index contributed by atoms with van der Waals surface area (Å²) in [5, 5.41) is 3.06. The fraction of sp³-hybridized carbons (Fsp3) is 0.600. The van der Waals surface area contributed by atoms with Crippen molar-refractivity contribution in [1.82, 2.24) is 9.97 Å². The first-order chi connectivity index (χ1) is 7.25. The van der Waals surface area contributed by atoms with E-state index in [1.807, 2.05) is 0 Å². The summed E-state index contributed by atoms with van der Waals surface area (Å²) in [6.45, 7) is 3.27. The number of hydrogen-bond donors (Lipinski definition) is 2. The third-order valence-electron chi connectivity index (χ3n) is 2.50. The molecule has 0 radical (unpaired) electrons. The van der Waals surface area contributed by atoms with E-state index < -0.39 is 0 Å². The van der Waals surface area contributed by atoms with Crippen molar-refractivity contribution in [2.24, 2.45) is 0 Å². The zero-order valence-corrected chi connectivity index (χ0v) is 8.75. The Labute approximate surface area is 87.9 Å². The summed E-state index contributed by atoms with van der Waals surface area (Å²) in [6.07, 6.45) is 4.00. The Morgan fingerprint density at radius 1 is 1.73 bits per heavy atom. The lowest BCUT2D eigenvalue weighted by Gasteiger charge is -2.10. The standard InChI is InChI=1S/C10H15N3O2/c1-7-5-11-10(13-9(7)14)12-6-8-3-2-4-15-8/h5,8H,2-4,6H2,1H3,(H2,11,12,13,14)/t8-/m0/s1. The minimum absolute atomic E-state index is 0.0974. The van der Waals surface area contributed by atoms with Crippen molar-refractivity contribution in [2.75, 3.05) is 18.5 Å². The second-order valence-corrected chi connectivity index (χ2v) is 3.76. The Bertz CT molecular complexity index is 382. The minimum Gasteiger partial charge on any atom is -0.376 e. The van der Waals surface area contributed by atoms with Gasteiger partial charge < -0.3 is 10.1 Å². The van der Waals surface area contributed by atoms with Gasteiger partial charge in [-0.15, -0.1) is 0 Å². The molecular weight excluding hydrogens is 194 g/mol. The number of ether oxygens (including phenoxy) is 1. The minimum atomic E-state index is -0.0974. The van der Waals surface area contributed by atoms with Gasteiger partial charge in [-0.25, -0.2) is 4.98 Å². The van der Waals surface area contributed by atoms with Crippen molar-refractivity contribution in [3.63, 3.8) is 0 Å². The lowest BCUT2D eigenvalue weighted by atomic mass is 10.2. The van der Waals surface area contributed by atoms with E-state index in [1.165, 1.54) is 0 Å². The molecule has 2 rings (SSSR count). The van der Waals surface area contributed by atoms with Crippen molar-refractivity contribution in [1.29, 1.82) is 0 Å². The molecular formula is C10H15N3O2. The lowest BCUT2D eigenvalue weighted by molar-refractivity contribution is 0.120. The topological polar surface area (TPSA) is 67.0 Å². The first kappa shape index (κ1) is 10.2. The number of hydrogen-bond acceptors (Lipinski definition) is 4. The van der Waals surface area contributed by atoms with Crippen LogP contribution in [0.2, 0.25) is 0 Å². The number of nitrogens with zero attached hydrogens (tertiary/aromatic N) is 1. The van der Waals surface area contributed by atoms with Gasteiger partial charge in [0, 0.05) is 24.9 Å². The predicted molar refractivity (Wildman–Crippen MR) is 57.1 cm³/mol. The molecule has 82 valence electrons. The van der Waals surface area contributed by atoms with Crippen LogP contribution >= 0.6 is 0 Å². The molecule has 1 aromatic rings. The fourth-order valence-corrected chi connectivity index (χ4v) is 1.56. The number of rotatable bonds is 3. The fourth-order valence-electron chi connectivity index (χ4n) is 1.56. The van der Waals surface area contributed by atoms with Crippen LogP contribution in [0, 0.1) is 6.92 Å². The molecule has 1 saturated heterocycles. The maximum absolute atomic E-state index is 11.3. The molecule has 0 saturated carbocycles. The van der Waals surface area contributed by atoms with Gasteiger partial charge in [0.1, 0.15) is 0 Å². The van der Waals surface area contributed by atoms with Crippen LogP contribution in [0.1, 0.15) is 18.4 Å². The largest absolute Gasteiger partial charge is 0.376 e. The number of anilines is 1. The SMILES string of the molecule is Cc1cnc(NC[C@@H]2CCCO2)[nH]c1=O. The van der Waals surface area contributed by atoms with Gasteiger partial charge in [0.2, 0.25) is 5.95 Å². The van der Waals surface area contributed by atoms with E-state index in [9.17, 15) is 4.79 Å². The molecule has 5 nitrogen and oxygen atoms in total. The van der Waals surface area contributed by atoms with Crippen molar-refractivity contribution >= 4 is 5.95 Å². The smallest absolute Gasteiger partial charge is 0.255 e.